The molecular weight excluding hydrogens is 182 g/mol. The maximum absolute atomic E-state index is 2.56. The van der Waals surface area contributed by atoms with Crippen molar-refractivity contribution in [2.45, 2.75) is 52.1 Å². The summed E-state index contributed by atoms with van der Waals surface area (Å²) in [6.07, 6.45) is 2.50. The summed E-state index contributed by atoms with van der Waals surface area (Å²) in [6, 6.07) is 9.47. The van der Waals surface area contributed by atoms with Gasteiger partial charge in [-0.25, -0.2) is 0 Å². The SMILES string of the molecule is CC1CCc2ccccc2N1C(C)(C)C. The molecule has 1 aliphatic heterocycles. The second kappa shape index (κ2) is 3.55. The molecule has 1 aromatic rings. The fourth-order valence-electron chi connectivity index (χ4n) is 2.71. The van der Waals surface area contributed by atoms with E-state index in [0.29, 0.717) is 6.04 Å². The summed E-state index contributed by atoms with van der Waals surface area (Å²) < 4.78 is 0. The van der Waals surface area contributed by atoms with Crippen LogP contribution in [0.3, 0.4) is 0 Å². The highest BCUT2D eigenvalue weighted by Crippen LogP contribution is 2.35. The van der Waals surface area contributed by atoms with E-state index in [9.17, 15) is 0 Å². The molecule has 1 heterocycles. The predicted molar refractivity (Wildman–Crippen MR) is 66.5 cm³/mol. The molecule has 0 radical (unpaired) electrons. The molecule has 0 aromatic heterocycles. The van der Waals surface area contributed by atoms with Gasteiger partial charge in [-0.1, -0.05) is 18.2 Å². The molecule has 0 fully saturated rings. The summed E-state index contributed by atoms with van der Waals surface area (Å²) in [5, 5.41) is 0. The van der Waals surface area contributed by atoms with Gasteiger partial charge in [0.05, 0.1) is 0 Å². The maximum Gasteiger partial charge on any atom is 0.0405 e. The fourth-order valence-corrected chi connectivity index (χ4v) is 2.71. The van der Waals surface area contributed by atoms with Crippen LogP contribution < -0.4 is 4.90 Å². The summed E-state index contributed by atoms with van der Waals surface area (Å²) >= 11 is 0. The Bertz CT molecular complexity index is 349. The first-order chi connectivity index (χ1) is 7.00. The van der Waals surface area contributed by atoms with Gasteiger partial charge in [0.1, 0.15) is 0 Å². The zero-order valence-corrected chi connectivity index (χ0v) is 10.2. The first-order valence-electron chi connectivity index (χ1n) is 5.87. The van der Waals surface area contributed by atoms with Crippen molar-refractivity contribution in [3.8, 4) is 0 Å². The van der Waals surface area contributed by atoms with Crippen LogP contribution in [0.2, 0.25) is 0 Å². The van der Waals surface area contributed by atoms with Gasteiger partial charge < -0.3 is 4.90 Å². The fraction of sp³-hybridized carbons (Fsp3) is 0.571. The maximum atomic E-state index is 2.56. The molecule has 82 valence electrons. The molecule has 1 heteroatoms. The molecule has 0 spiro atoms. The van der Waals surface area contributed by atoms with E-state index < -0.39 is 0 Å². The highest BCUT2D eigenvalue weighted by atomic mass is 15.2. The van der Waals surface area contributed by atoms with Crippen LogP contribution in [0.15, 0.2) is 24.3 Å². The number of aryl methyl sites for hydroxylation is 1. The van der Waals surface area contributed by atoms with Gasteiger partial charge in [0.15, 0.2) is 0 Å². The lowest BCUT2D eigenvalue weighted by atomic mass is 9.91. The Morgan fingerprint density at radius 2 is 1.87 bits per heavy atom. The number of benzene rings is 1. The number of fused-ring (bicyclic) bond motifs is 1. The predicted octanol–water partition coefficient (Wildman–Crippen LogP) is 3.63. The van der Waals surface area contributed by atoms with Gasteiger partial charge in [-0.2, -0.15) is 0 Å². The van der Waals surface area contributed by atoms with Crippen molar-refractivity contribution < 1.29 is 0 Å². The van der Waals surface area contributed by atoms with E-state index in [4.69, 9.17) is 0 Å². The monoisotopic (exact) mass is 203 g/mol. The first kappa shape index (κ1) is 10.5. The summed E-state index contributed by atoms with van der Waals surface area (Å²) in [7, 11) is 0. The highest BCUT2D eigenvalue weighted by Gasteiger charge is 2.30. The van der Waals surface area contributed by atoms with E-state index in [0.717, 1.165) is 0 Å². The van der Waals surface area contributed by atoms with Gasteiger partial charge in [0, 0.05) is 17.3 Å². The molecule has 1 atom stereocenters. The number of hydrogen-bond acceptors (Lipinski definition) is 1. The van der Waals surface area contributed by atoms with Crippen LogP contribution in [0.1, 0.15) is 39.7 Å². The third-order valence-corrected chi connectivity index (χ3v) is 3.25. The third kappa shape index (κ3) is 1.88. The topological polar surface area (TPSA) is 3.24 Å². The molecule has 1 aromatic carbocycles. The molecule has 1 unspecified atom stereocenters. The Balaban J connectivity index is 2.46. The average Bonchev–Trinajstić information content (AvgIpc) is 2.15. The van der Waals surface area contributed by atoms with Crippen molar-refractivity contribution in [2.24, 2.45) is 0 Å². The number of nitrogens with zero attached hydrogens (tertiary/aromatic N) is 1. The van der Waals surface area contributed by atoms with Gasteiger partial charge in [0.25, 0.3) is 0 Å². The van der Waals surface area contributed by atoms with Crippen molar-refractivity contribution in [2.75, 3.05) is 4.90 Å². The second-order valence-corrected chi connectivity index (χ2v) is 5.56. The molecule has 0 bridgehead atoms. The molecule has 0 saturated heterocycles. The third-order valence-electron chi connectivity index (χ3n) is 3.25. The minimum atomic E-state index is 0.218. The van der Waals surface area contributed by atoms with E-state index >= 15 is 0 Å². The standard InChI is InChI=1S/C14H21N/c1-11-9-10-12-7-5-6-8-13(12)15(11)14(2,3)4/h5-8,11H,9-10H2,1-4H3. The Labute approximate surface area is 93.1 Å². The Morgan fingerprint density at radius 1 is 1.20 bits per heavy atom. The largest absolute Gasteiger partial charge is 0.364 e. The number of anilines is 1. The van der Waals surface area contributed by atoms with Crippen LogP contribution in [-0.4, -0.2) is 11.6 Å². The summed E-state index contributed by atoms with van der Waals surface area (Å²) in [6.45, 7) is 9.23. The summed E-state index contributed by atoms with van der Waals surface area (Å²) in [4.78, 5) is 2.56. The molecule has 0 aliphatic carbocycles. The van der Waals surface area contributed by atoms with Gasteiger partial charge in [-0.05, 0) is 52.2 Å². The van der Waals surface area contributed by atoms with Gasteiger partial charge in [0.2, 0.25) is 0 Å². The molecular formula is C14H21N. The normalized spacial score (nSPS) is 21.3. The molecule has 2 rings (SSSR count). The van der Waals surface area contributed by atoms with E-state index in [-0.39, 0.29) is 5.54 Å². The minimum absolute atomic E-state index is 0.218. The lowest BCUT2D eigenvalue weighted by Gasteiger charge is -2.46. The smallest absolute Gasteiger partial charge is 0.0405 e. The Hall–Kier alpha value is -0.980. The lowest BCUT2D eigenvalue weighted by molar-refractivity contribution is 0.422. The van der Waals surface area contributed by atoms with Crippen molar-refractivity contribution in [1.29, 1.82) is 0 Å². The lowest BCUT2D eigenvalue weighted by Crippen LogP contribution is -2.49. The van der Waals surface area contributed by atoms with Crippen molar-refractivity contribution in [1.82, 2.24) is 0 Å². The van der Waals surface area contributed by atoms with Crippen LogP contribution in [0.5, 0.6) is 0 Å². The van der Waals surface area contributed by atoms with E-state index in [1.165, 1.54) is 24.1 Å². The van der Waals surface area contributed by atoms with Crippen LogP contribution in [0, 0.1) is 0 Å². The Morgan fingerprint density at radius 3 is 2.53 bits per heavy atom. The zero-order chi connectivity index (χ0) is 11.1. The molecule has 1 aliphatic rings. The minimum Gasteiger partial charge on any atom is -0.364 e. The quantitative estimate of drug-likeness (QED) is 0.622. The van der Waals surface area contributed by atoms with Crippen molar-refractivity contribution in [3.05, 3.63) is 29.8 Å². The van der Waals surface area contributed by atoms with Crippen LogP contribution in [0.4, 0.5) is 5.69 Å². The van der Waals surface area contributed by atoms with Crippen molar-refractivity contribution >= 4 is 5.69 Å². The van der Waals surface area contributed by atoms with Gasteiger partial charge >= 0.3 is 0 Å². The molecule has 0 N–H and O–H groups in total. The van der Waals surface area contributed by atoms with Gasteiger partial charge in [-0.15, -0.1) is 0 Å². The van der Waals surface area contributed by atoms with Crippen LogP contribution in [0.25, 0.3) is 0 Å². The highest BCUT2D eigenvalue weighted by molar-refractivity contribution is 5.58. The Kier molecular flexibility index (Phi) is 2.49. The number of para-hydroxylation sites is 1. The first-order valence-corrected chi connectivity index (χ1v) is 5.87. The molecule has 0 saturated carbocycles. The summed E-state index contributed by atoms with van der Waals surface area (Å²) in [5.41, 5.74) is 3.16. The van der Waals surface area contributed by atoms with Gasteiger partial charge in [-0.3, -0.25) is 0 Å². The average molecular weight is 203 g/mol. The van der Waals surface area contributed by atoms with Crippen molar-refractivity contribution in [3.63, 3.8) is 0 Å². The second-order valence-electron chi connectivity index (χ2n) is 5.56. The van der Waals surface area contributed by atoms with Crippen LogP contribution in [-0.2, 0) is 6.42 Å². The van der Waals surface area contributed by atoms with Crippen LogP contribution >= 0.6 is 0 Å². The van der Waals surface area contributed by atoms with E-state index in [1.54, 1.807) is 0 Å². The molecule has 0 amide bonds. The van der Waals surface area contributed by atoms with E-state index in [2.05, 4.69) is 56.9 Å². The molecule has 15 heavy (non-hydrogen) atoms. The van der Waals surface area contributed by atoms with E-state index in [1.807, 2.05) is 0 Å². The summed E-state index contributed by atoms with van der Waals surface area (Å²) in [5.74, 6) is 0. The molecule has 1 nitrogen and oxygen atoms in total. The zero-order valence-electron chi connectivity index (χ0n) is 10.2. The number of rotatable bonds is 0. The number of hydrogen-bond donors (Lipinski definition) is 0.